The Bertz CT molecular complexity index is 33.1. The van der Waals surface area contributed by atoms with Crippen molar-refractivity contribution in [2.75, 3.05) is 0 Å². The smallest absolute Gasteiger partial charge is 0.0293 e. The normalized spacial score (nSPS) is 7.00. The van der Waals surface area contributed by atoms with Crippen molar-refractivity contribution < 1.29 is 10.5 Å². The van der Waals surface area contributed by atoms with Gasteiger partial charge in [0.15, 0.2) is 0 Å². The molecule has 2 heteroatoms. The van der Waals surface area contributed by atoms with Crippen LogP contribution in [-0.2, 0) is 0 Å². The fourth-order valence-corrected chi connectivity index (χ4v) is 0. The molecule has 0 aliphatic heterocycles. The molecule has 0 saturated carbocycles. The van der Waals surface area contributed by atoms with Gasteiger partial charge in [-0.3, -0.25) is 10.5 Å². The molecule has 0 fully saturated rings. The zero-order valence-electron chi connectivity index (χ0n) is 4.76. The van der Waals surface area contributed by atoms with E-state index >= 15 is 0 Å². The second-order valence-electron chi connectivity index (χ2n) is 1.48. The molecule has 0 radical (unpaired) electrons. The highest BCUT2D eigenvalue weighted by Crippen LogP contribution is 1.87. The second-order valence-corrected chi connectivity index (χ2v) is 1.48. The van der Waals surface area contributed by atoms with Crippen LogP contribution in [0.4, 0.5) is 0 Å². The molecule has 0 aromatic rings. The highest BCUT2D eigenvalue weighted by molar-refractivity contribution is 4.69. The maximum absolute atomic E-state index is 6.00. The maximum Gasteiger partial charge on any atom is -0.0293 e. The fourth-order valence-electron chi connectivity index (χ4n) is 0. The zero-order valence-corrected chi connectivity index (χ0v) is 4.76. The first kappa shape index (κ1) is 9.83. The van der Waals surface area contributed by atoms with Crippen LogP contribution in [0.15, 0.2) is 12.7 Å². The van der Waals surface area contributed by atoms with Crippen molar-refractivity contribution in [1.29, 1.82) is 0 Å². The molecule has 0 aliphatic carbocycles. The first-order valence-electron chi connectivity index (χ1n) is 2.10. The molecule has 44 valence electrons. The molecule has 0 spiro atoms. The molecule has 0 aromatic heterocycles. The first-order valence-corrected chi connectivity index (χ1v) is 2.10. The molecular formula is C5H12O2. The van der Waals surface area contributed by atoms with Gasteiger partial charge in [-0.25, -0.2) is 0 Å². The Morgan fingerprint density at radius 2 is 1.57 bits per heavy atom. The lowest BCUT2D eigenvalue weighted by Crippen LogP contribution is -1.71. The van der Waals surface area contributed by atoms with Gasteiger partial charge < -0.3 is 0 Å². The van der Waals surface area contributed by atoms with Gasteiger partial charge in [0.05, 0.1) is 0 Å². The topological polar surface area (TPSA) is 40.5 Å². The standard InChI is InChI=1S/C5H10.H2O2/c1-4-5(2)3;1-2/h4-5H,1H2,2-3H3;1-2H. The molecule has 7 heavy (non-hydrogen) atoms. The maximum atomic E-state index is 6.00. The summed E-state index contributed by atoms with van der Waals surface area (Å²) < 4.78 is 0. The van der Waals surface area contributed by atoms with Gasteiger partial charge in [-0.05, 0) is 5.92 Å². The van der Waals surface area contributed by atoms with Crippen LogP contribution in [0, 0.1) is 5.92 Å². The summed E-state index contributed by atoms with van der Waals surface area (Å²) in [6.07, 6.45) is 1.92. The van der Waals surface area contributed by atoms with Crippen molar-refractivity contribution in [3.63, 3.8) is 0 Å². The summed E-state index contributed by atoms with van der Waals surface area (Å²) in [6, 6.07) is 0. The molecular weight excluding hydrogens is 92.1 g/mol. The average molecular weight is 104 g/mol. The Labute approximate surface area is 44.0 Å². The molecule has 0 heterocycles. The van der Waals surface area contributed by atoms with Crippen molar-refractivity contribution in [1.82, 2.24) is 0 Å². The minimum absolute atomic E-state index is 0.648. The van der Waals surface area contributed by atoms with E-state index in [1.54, 1.807) is 0 Å². The average Bonchev–Trinajstić information content (AvgIpc) is 1.73. The second kappa shape index (κ2) is 9.18. The number of allylic oxidation sites excluding steroid dienone is 1. The third-order valence-electron chi connectivity index (χ3n) is 0.471. The summed E-state index contributed by atoms with van der Waals surface area (Å²) in [5, 5.41) is 12.0. The van der Waals surface area contributed by atoms with Gasteiger partial charge in [0, 0.05) is 0 Å². The summed E-state index contributed by atoms with van der Waals surface area (Å²) in [5.41, 5.74) is 0. The van der Waals surface area contributed by atoms with E-state index in [1.165, 1.54) is 0 Å². The van der Waals surface area contributed by atoms with Crippen LogP contribution in [0.3, 0.4) is 0 Å². The Morgan fingerprint density at radius 1 is 1.43 bits per heavy atom. The van der Waals surface area contributed by atoms with Crippen LogP contribution in [0.5, 0.6) is 0 Å². The van der Waals surface area contributed by atoms with Gasteiger partial charge in [0.2, 0.25) is 0 Å². The molecule has 0 amide bonds. The quantitative estimate of drug-likeness (QED) is 0.303. The third-order valence-corrected chi connectivity index (χ3v) is 0.471. The monoisotopic (exact) mass is 104 g/mol. The lowest BCUT2D eigenvalue weighted by atomic mass is 10.2. The van der Waals surface area contributed by atoms with Gasteiger partial charge in [-0.15, -0.1) is 6.58 Å². The van der Waals surface area contributed by atoms with E-state index < -0.39 is 0 Å². The fraction of sp³-hybridized carbons (Fsp3) is 0.600. The highest BCUT2D eigenvalue weighted by Gasteiger charge is 1.73. The largest absolute Gasteiger partial charge is 0.255 e. The predicted octanol–water partition coefficient (Wildman–Crippen LogP) is 1.85. The van der Waals surface area contributed by atoms with E-state index in [0.29, 0.717) is 5.92 Å². The molecule has 0 saturated heterocycles. The predicted molar refractivity (Wildman–Crippen MR) is 30.3 cm³/mol. The zero-order chi connectivity index (χ0) is 6.28. The molecule has 2 N–H and O–H groups in total. The number of hydrogen-bond donors (Lipinski definition) is 2. The molecule has 0 aromatic carbocycles. The van der Waals surface area contributed by atoms with E-state index in [0.717, 1.165) is 0 Å². The lowest BCUT2D eigenvalue weighted by Gasteiger charge is -1.84. The van der Waals surface area contributed by atoms with Crippen molar-refractivity contribution in [3.05, 3.63) is 12.7 Å². The minimum Gasteiger partial charge on any atom is -0.255 e. The van der Waals surface area contributed by atoms with Gasteiger partial charge in [-0.1, -0.05) is 19.9 Å². The summed E-state index contributed by atoms with van der Waals surface area (Å²) in [5.74, 6) is 0.648. The van der Waals surface area contributed by atoms with E-state index in [2.05, 4.69) is 20.4 Å². The Balaban J connectivity index is 0. The van der Waals surface area contributed by atoms with Gasteiger partial charge in [0.1, 0.15) is 0 Å². The van der Waals surface area contributed by atoms with Crippen molar-refractivity contribution in [3.8, 4) is 0 Å². The number of hydrogen-bond acceptors (Lipinski definition) is 2. The summed E-state index contributed by atoms with van der Waals surface area (Å²) >= 11 is 0. The van der Waals surface area contributed by atoms with Crippen LogP contribution in [0.1, 0.15) is 13.8 Å². The molecule has 0 atom stereocenters. The van der Waals surface area contributed by atoms with Crippen LogP contribution < -0.4 is 0 Å². The molecule has 2 nitrogen and oxygen atoms in total. The SMILES string of the molecule is C=CC(C)C.OO. The Morgan fingerprint density at radius 3 is 1.57 bits per heavy atom. The summed E-state index contributed by atoms with van der Waals surface area (Å²) in [6.45, 7) is 7.77. The molecule has 0 bridgehead atoms. The van der Waals surface area contributed by atoms with E-state index in [-0.39, 0.29) is 0 Å². The summed E-state index contributed by atoms with van der Waals surface area (Å²) in [4.78, 5) is 0. The Kier molecular flexibility index (Phi) is 12.9. The van der Waals surface area contributed by atoms with Crippen LogP contribution in [-0.4, -0.2) is 10.5 Å². The van der Waals surface area contributed by atoms with E-state index in [9.17, 15) is 0 Å². The van der Waals surface area contributed by atoms with E-state index in [4.69, 9.17) is 10.5 Å². The summed E-state index contributed by atoms with van der Waals surface area (Å²) in [7, 11) is 0. The van der Waals surface area contributed by atoms with Gasteiger partial charge in [-0.2, -0.15) is 0 Å². The first-order chi connectivity index (χ1) is 3.27. The van der Waals surface area contributed by atoms with Crippen LogP contribution >= 0.6 is 0 Å². The van der Waals surface area contributed by atoms with Gasteiger partial charge >= 0.3 is 0 Å². The lowest BCUT2D eigenvalue weighted by molar-refractivity contribution is -0.176. The molecule has 0 aliphatic rings. The Hall–Kier alpha value is -0.340. The third kappa shape index (κ3) is 27.5. The molecule has 0 rings (SSSR count). The van der Waals surface area contributed by atoms with Crippen LogP contribution in [0.2, 0.25) is 0 Å². The van der Waals surface area contributed by atoms with Crippen molar-refractivity contribution >= 4 is 0 Å². The van der Waals surface area contributed by atoms with Gasteiger partial charge in [0.25, 0.3) is 0 Å². The minimum atomic E-state index is 0.648. The molecule has 0 unspecified atom stereocenters. The highest BCUT2D eigenvalue weighted by atomic mass is 17.0. The van der Waals surface area contributed by atoms with E-state index in [1.807, 2.05) is 6.08 Å². The van der Waals surface area contributed by atoms with Crippen molar-refractivity contribution in [2.24, 2.45) is 5.92 Å². The van der Waals surface area contributed by atoms with Crippen molar-refractivity contribution in [2.45, 2.75) is 13.8 Å². The number of rotatable bonds is 1. The van der Waals surface area contributed by atoms with Crippen LogP contribution in [0.25, 0.3) is 0 Å².